The Morgan fingerprint density at radius 2 is 1.58 bits per heavy atom. The highest BCUT2D eigenvalue weighted by Gasteiger charge is 2.33. The maximum Gasteiger partial charge on any atom is 0.407 e. The Bertz CT molecular complexity index is 987. The minimum Gasteiger partial charge on any atom is -0.481 e. The molecule has 0 spiro atoms. The fourth-order valence-electron chi connectivity index (χ4n) is 4.58. The summed E-state index contributed by atoms with van der Waals surface area (Å²) >= 11 is 0. The van der Waals surface area contributed by atoms with Crippen LogP contribution in [0, 0.1) is 17.8 Å². The molecule has 0 aliphatic heterocycles. The van der Waals surface area contributed by atoms with Crippen molar-refractivity contribution in [1.82, 2.24) is 10.6 Å². The molecule has 33 heavy (non-hydrogen) atoms. The number of carboxylic acid groups (broad SMARTS) is 1. The van der Waals surface area contributed by atoms with E-state index >= 15 is 0 Å². The van der Waals surface area contributed by atoms with Crippen molar-refractivity contribution in [3.05, 3.63) is 59.7 Å². The maximum atomic E-state index is 12.4. The number of carboxylic acids is 1. The lowest BCUT2D eigenvalue weighted by atomic mass is 9.98. The lowest BCUT2D eigenvalue weighted by molar-refractivity contribution is -0.138. The first-order valence-electron chi connectivity index (χ1n) is 11.5. The monoisotopic (exact) mass is 450 g/mol. The number of hydrogen-bond acceptors (Lipinski definition) is 4. The highest BCUT2D eigenvalue weighted by atomic mass is 16.5. The molecule has 2 aromatic carbocycles. The van der Waals surface area contributed by atoms with Gasteiger partial charge in [0.2, 0.25) is 5.91 Å². The molecule has 4 rings (SSSR count). The molecule has 1 saturated carbocycles. The molecule has 0 radical (unpaired) electrons. The summed E-state index contributed by atoms with van der Waals surface area (Å²) in [6, 6.07) is 16.3. The standard InChI is InChI=1S/C26H30N2O5/c1-16(25(31)27-14-18(12-24(29)30)17-10-11-17)13-28-26(32)33-15-23-21-8-4-2-6-19(21)20-7-3-5-9-22(20)23/h2-9,16-18,23H,10-15H2,1H3,(H,27,31)(H,28,32)(H,29,30). The fourth-order valence-corrected chi connectivity index (χ4v) is 4.58. The molecular weight excluding hydrogens is 420 g/mol. The van der Waals surface area contributed by atoms with Crippen molar-refractivity contribution in [2.45, 2.75) is 32.1 Å². The number of benzene rings is 2. The predicted molar refractivity (Wildman–Crippen MR) is 124 cm³/mol. The second kappa shape index (κ2) is 10.1. The first kappa shape index (κ1) is 22.8. The first-order chi connectivity index (χ1) is 15.9. The third-order valence-corrected chi connectivity index (χ3v) is 6.61. The van der Waals surface area contributed by atoms with E-state index in [0.717, 1.165) is 24.0 Å². The van der Waals surface area contributed by atoms with Crippen LogP contribution < -0.4 is 10.6 Å². The van der Waals surface area contributed by atoms with Crippen LogP contribution in [0.1, 0.15) is 43.2 Å². The second-order valence-corrected chi connectivity index (χ2v) is 9.05. The Kier molecular flexibility index (Phi) is 6.96. The van der Waals surface area contributed by atoms with Gasteiger partial charge in [0, 0.05) is 19.0 Å². The molecule has 2 atom stereocenters. The van der Waals surface area contributed by atoms with E-state index in [-0.39, 0.29) is 37.3 Å². The van der Waals surface area contributed by atoms with E-state index < -0.39 is 18.0 Å². The summed E-state index contributed by atoms with van der Waals surface area (Å²) in [4.78, 5) is 35.7. The number of ether oxygens (including phenoxy) is 1. The fraction of sp³-hybridized carbons (Fsp3) is 0.423. The van der Waals surface area contributed by atoms with Crippen molar-refractivity contribution in [1.29, 1.82) is 0 Å². The zero-order chi connectivity index (χ0) is 23.4. The van der Waals surface area contributed by atoms with Crippen molar-refractivity contribution in [2.24, 2.45) is 17.8 Å². The third kappa shape index (κ3) is 5.53. The number of nitrogens with one attached hydrogen (secondary N) is 2. The highest BCUT2D eigenvalue weighted by molar-refractivity contribution is 5.80. The zero-order valence-electron chi connectivity index (χ0n) is 18.8. The average Bonchev–Trinajstić information content (AvgIpc) is 3.61. The Morgan fingerprint density at radius 3 is 2.15 bits per heavy atom. The minimum atomic E-state index is -0.842. The van der Waals surface area contributed by atoms with E-state index in [1.807, 2.05) is 24.3 Å². The number of carbonyl (C=O) groups is 3. The topological polar surface area (TPSA) is 105 Å². The zero-order valence-corrected chi connectivity index (χ0v) is 18.8. The van der Waals surface area contributed by atoms with Crippen LogP contribution in [0.2, 0.25) is 0 Å². The average molecular weight is 451 g/mol. The second-order valence-electron chi connectivity index (χ2n) is 9.05. The van der Waals surface area contributed by atoms with Gasteiger partial charge in [-0.25, -0.2) is 4.79 Å². The van der Waals surface area contributed by atoms with Crippen LogP contribution in [0.15, 0.2) is 48.5 Å². The van der Waals surface area contributed by atoms with Crippen molar-refractivity contribution in [3.8, 4) is 11.1 Å². The largest absolute Gasteiger partial charge is 0.481 e. The summed E-state index contributed by atoms with van der Waals surface area (Å²) in [6.45, 7) is 2.45. The van der Waals surface area contributed by atoms with Crippen molar-refractivity contribution >= 4 is 18.0 Å². The lowest BCUT2D eigenvalue weighted by Gasteiger charge is -2.18. The Hall–Kier alpha value is -3.35. The highest BCUT2D eigenvalue weighted by Crippen LogP contribution is 2.44. The normalized spacial score (nSPS) is 16.3. The third-order valence-electron chi connectivity index (χ3n) is 6.61. The summed E-state index contributed by atoms with van der Waals surface area (Å²) in [5, 5.41) is 14.6. The summed E-state index contributed by atoms with van der Waals surface area (Å²) in [5.41, 5.74) is 4.62. The molecule has 0 saturated heterocycles. The van der Waals surface area contributed by atoms with Crippen LogP contribution in [0.5, 0.6) is 0 Å². The molecule has 7 nitrogen and oxygen atoms in total. The summed E-state index contributed by atoms with van der Waals surface area (Å²) in [7, 11) is 0. The smallest absolute Gasteiger partial charge is 0.407 e. The van der Waals surface area contributed by atoms with Gasteiger partial charge in [0.25, 0.3) is 0 Å². The molecule has 2 amide bonds. The maximum absolute atomic E-state index is 12.4. The van der Waals surface area contributed by atoms with Gasteiger partial charge in [-0.3, -0.25) is 9.59 Å². The van der Waals surface area contributed by atoms with Crippen LogP contribution in [-0.4, -0.2) is 42.8 Å². The van der Waals surface area contributed by atoms with Crippen LogP contribution in [-0.2, 0) is 14.3 Å². The van der Waals surface area contributed by atoms with Gasteiger partial charge in [-0.2, -0.15) is 0 Å². The Labute approximate surface area is 193 Å². The van der Waals surface area contributed by atoms with Gasteiger partial charge in [-0.15, -0.1) is 0 Å². The number of amides is 2. The summed E-state index contributed by atoms with van der Waals surface area (Å²) in [6.07, 6.45) is 1.55. The van der Waals surface area contributed by atoms with E-state index in [1.54, 1.807) is 6.92 Å². The van der Waals surface area contributed by atoms with E-state index in [9.17, 15) is 14.4 Å². The van der Waals surface area contributed by atoms with E-state index in [4.69, 9.17) is 9.84 Å². The number of fused-ring (bicyclic) bond motifs is 3. The molecular formula is C26H30N2O5. The van der Waals surface area contributed by atoms with Crippen LogP contribution in [0.25, 0.3) is 11.1 Å². The molecule has 3 N–H and O–H groups in total. The summed E-state index contributed by atoms with van der Waals surface area (Å²) < 4.78 is 5.50. The molecule has 0 heterocycles. The molecule has 1 fully saturated rings. The van der Waals surface area contributed by atoms with Crippen LogP contribution in [0.3, 0.4) is 0 Å². The quantitative estimate of drug-likeness (QED) is 0.511. The first-order valence-corrected chi connectivity index (χ1v) is 11.5. The number of hydrogen-bond donors (Lipinski definition) is 3. The van der Waals surface area contributed by atoms with Crippen LogP contribution in [0.4, 0.5) is 4.79 Å². The molecule has 0 aromatic heterocycles. The molecule has 7 heteroatoms. The molecule has 174 valence electrons. The number of alkyl carbamates (subject to hydrolysis) is 1. The number of rotatable bonds is 10. The molecule has 2 aliphatic rings. The number of aliphatic carboxylic acids is 1. The van der Waals surface area contributed by atoms with E-state index in [2.05, 4.69) is 34.9 Å². The van der Waals surface area contributed by atoms with Gasteiger partial charge in [0.05, 0.1) is 12.3 Å². The van der Waals surface area contributed by atoms with E-state index in [0.29, 0.717) is 12.5 Å². The summed E-state index contributed by atoms with van der Waals surface area (Å²) in [5.74, 6) is -1.16. The molecule has 2 aromatic rings. The van der Waals surface area contributed by atoms with Crippen molar-refractivity contribution < 1.29 is 24.2 Å². The molecule has 2 unspecified atom stereocenters. The van der Waals surface area contributed by atoms with Crippen LogP contribution >= 0.6 is 0 Å². The van der Waals surface area contributed by atoms with Gasteiger partial charge < -0.3 is 20.5 Å². The van der Waals surface area contributed by atoms with Crippen molar-refractivity contribution in [3.63, 3.8) is 0 Å². The Morgan fingerprint density at radius 1 is 0.970 bits per heavy atom. The molecule has 2 aliphatic carbocycles. The predicted octanol–water partition coefficient (Wildman–Crippen LogP) is 3.78. The van der Waals surface area contributed by atoms with Gasteiger partial charge >= 0.3 is 12.1 Å². The van der Waals surface area contributed by atoms with Gasteiger partial charge in [-0.1, -0.05) is 55.5 Å². The van der Waals surface area contributed by atoms with Gasteiger partial charge in [-0.05, 0) is 46.9 Å². The van der Waals surface area contributed by atoms with Gasteiger partial charge in [0.15, 0.2) is 0 Å². The lowest BCUT2D eigenvalue weighted by Crippen LogP contribution is -2.40. The minimum absolute atomic E-state index is 0.0162. The van der Waals surface area contributed by atoms with E-state index in [1.165, 1.54) is 11.1 Å². The van der Waals surface area contributed by atoms with Gasteiger partial charge in [0.1, 0.15) is 6.61 Å². The number of carbonyl (C=O) groups excluding carboxylic acids is 2. The SMILES string of the molecule is CC(CNC(=O)OCC1c2ccccc2-c2ccccc21)C(=O)NCC(CC(=O)O)C1CC1. The van der Waals surface area contributed by atoms with Crippen molar-refractivity contribution in [2.75, 3.05) is 19.7 Å². The Balaban J connectivity index is 1.23. The molecule has 0 bridgehead atoms.